The highest BCUT2D eigenvalue weighted by molar-refractivity contribution is 9.09. The number of alkyl halides is 1. The summed E-state index contributed by atoms with van der Waals surface area (Å²) in [5, 5.41) is 1.08. The molecule has 4 heteroatoms. The number of hydrogen-bond acceptors (Lipinski definition) is 3. The summed E-state index contributed by atoms with van der Waals surface area (Å²) in [6, 6.07) is 0. The maximum absolute atomic E-state index is 5.77. The molecule has 3 nitrogen and oxygen atoms in total. The zero-order chi connectivity index (χ0) is 12.4. The molecule has 0 aliphatic carbocycles. The van der Waals surface area contributed by atoms with Crippen molar-refractivity contribution in [1.29, 1.82) is 0 Å². The van der Waals surface area contributed by atoms with Crippen molar-refractivity contribution in [1.82, 2.24) is 4.90 Å². The topological polar surface area (TPSA) is 21.7 Å². The third-order valence-corrected chi connectivity index (χ3v) is 5.09. The van der Waals surface area contributed by atoms with E-state index in [1.165, 1.54) is 19.4 Å². The summed E-state index contributed by atoms with van der Waals surface area (Å²) in [6.45, 7) is 10.4. The van der Waals surface area contributed by atoms with Crippen LogP contribution < -0.4 is 0 Å². The third kappa shape index (κ3) is 3.66. The standard InChI is InChI=1S/C13H24BrNO2/c1-12(2)10-15(5-8-17-12)11-13(9-14)3-6-16-7-4-13/h3-11H2,1-2H3. The molecule has 0 unspecified atom stereocenters. The van der Waals surface area contributed by atoms with Crippen molar-refractivity contribution in [2.75, 3.05) is 44.8 Å². The van der Waals surface area contributed by atoms with E-state index in [-0.39, 0.29) is 5.60 Å². The SMILES string of the molecule is CC1(C)CN(CC2(CBr)CCOCC2)CCO1. The lowest BCUT2D eigenvalue weighted by atomic mass is 9.81. The quantitative estimate of drug-likeness (QED) is 0.747. The molecule has 0 aromatic rings. The Hall–Kier alpha value is 0.360. The minimum Gasteiger partial charge on any atom is -0.381 e. The fourth-order valence-electron chi connectivity index (χ4n) is 2.86. The van der Waals surface area contributed by atoms with Gasteiger partial charge in [0.25, 0.3) is 0 Å². The Morgan fingerprint density at radius 1 is 1.18 bits per heavy atom. The van der Waals surface area contributed by atoms with Crippen LogP contribution in [0.25, 0.3) is 0 Å². The van der Waals surface area contributed by atoms with Gasteiger partial charge in [-0.2, -0.15) is 0 Å². The predicted molar refractivity (Wildman–Crippen MR) is 72.8 cm³/mol. The van der Waals surface area contributed by atoms with Crippen molar-refractivity contribution in [3.8, 4) is 0 Å². The Morgan fingerprint density at radius 3 is 2.47 bits per heavy atom. The molecule has 0 bridgehead atoms. The molecular formula is C13H24BrNO2. The highest BCUT2D eigenvalue weighted by Crippen LogP contribution is 2.34. The van der Waals surface area contributed by atoms with Gasteiger partial charge in [0.15, 0.2) is 0 Å². The maximum atomic E-state index is 5.77. The average molecular weight is 306 g/mol. The molecule has 2 aliphatic rings. The van der Waals surface area contributed by atoms with Crippen molar-refractivity contribution >= 4 is 15.9 Å². The molecule has 0 radical (unpaired) electrons. The summed E-state index contributed by atoms with van der Waals surface area (Å²) >= 11 is 3.71. The van der Waals surface area contributed by atoms with Gasteiger partial charge in [-0.25, -0.2) is 0 Å². The summed E-state index contributed by atoms with van der Waals surface area (Å²) in [6.07, 6.45) is 2.35. The zero-order valence-electron chi connectivity index (χ0n) is 11.0. The molecule has 0 aromatic carbocycles. The van der Waals surface area contributed by atoms with E-state index in [1.807, 2.05) is 0 Å². The largest absolute Gasteiger partial charge is 0.381 e. The zero-order valence-corrected chi connectivity index (χ0v) is 12.6. The van der Waals surface area contributed by atoms with Crippen molar-refractivity contribution in [3.63, 3.8) is 0 Å². The van der Waals surface area contributed by atoms with Crippen molar-refractivity contribution in [2.24, 2.45) is 5.41 Å². The van der Waals surface area contributed by atoms with Crippen LogP contribution in [0.1, 0.15) is 26.7 Å². The van der Waals surface area contributed by atoms with Gasteiger partial charge in [-0.05, 0) is 32.1 Å². The lowest BCUT2D eigenvalue weighted by Gasteiger charge is -2.44. The van der Waals surface area contributed by atoms with Crippen LogP contribution in [0.4, 0.5) is 0 Å². The van der Waals surface area contributed by atoms with Crippen molar-refractivity contribution in [2.45, 2.75) is 32.3 Å². The van der Waals surface area contributed by atoms with Crippen LogP contribution >= 0.6 is 15.9 Å². The van der Waals surface area contributed by atoms with E-state index in [4.69, 9.17) is 9.47 Å². The van der Waals surface area contributed by atoms with Crippen molar-refractivity contribution in [3.05, 3.63) is 0 Å². The summed E-state index contributed by atoms with van der Waals surface area (Å²) in [5.41, 5.74) is 0.419. The predicted octanol–water partition coefficient (Wildman–Crippen LogP) is 2.29. The molecule has 0 atom stereocenters. The molecule has 2 heterocycles. The smallest absolute Gasteiger partial charge is 0.0753 e. The van der Waals surface area contributed by atoms with Crippen LogP contribution in [0.5, 0.6) is 0 Å². The van der Waals surface area contributed by atoms with Gasteiger partial charge in [-0.3, -0.25) is 4.90 Å². The first-order valence-electron chi connectivity index (χ1n) is 6.55. The molecule has 2 aliphatic heterocycles. The van der Waals surface area contributed by atoms with Gasteiger partial charge in [0.05, 0.1) is 12.2 Å². The fraction of sp³-hybridized carbons (Fsp3) is 1.00. The number of nitrogens with zero attached hydrogens (tertiary/aromatic N) is 1. The first kappa shape index (κ1) is 13.8. The Labute approximate surface area is 113 Å². The molecule has 2 saturated heterocycles. The Kier molecular flexibility index (Phi) is 4.50. The summed E-state index contributed by atoms with van der Waals surface area (Å²) < 4.78 is 11.3. The molecule has 100 valence electrons. The molecular weight excluding hydrogens is 282 g/mol. The molecule has 0 aromatic heterocycles. The summed E-state index contributed by atoms with van der Waals surface area (Å²) in [5.74, 6) is 0. The van der Waals surface area contributed by atoms with Gasteiger partial charge >= 0.3 is 0 Å². The highest BCUT2D eigenvalue weighted by Gasteiger charge is 2.36. The van der Waals surface area contributed by atoms with Gasteiger partial charge in [-0.15, -0.1) is 0 Å². The first-order chi connectivity index (χ1) is 8.05. The monoisotopic (exact) mass is 305 g/mol. The van der Waals surface area contributed by atoms with Gasteiger partial charge < -0.3 is 9.47 Å². The molecule has 0 spiro atoms. The lowest BCUT2D eigenvalue weighted by Crippen LogP contribution is -2.52. The van der Waals surface area contributed by atoms with E-state index in [0.717, 1.165) is 38.2 Å². The van der Waals surface area contributed by atoms with Gasteiger partial charge in [0.1, 0.15) is 0 Å². The van der Waals surface area contributed by atoms with E-state index in [2.05, 4.69) is 34.7 Å². The lowest BCUT2D eigenvalue weighted by molar-refractivity contribution is -0.0993. The molecule has 0 saturated carbocycles. The van der Waals surface area contributed by atoms with E-state index in [9.17, 15) is 0 Å². The third-order valence-electron chi connectivity index (χ3n) is 3.90. The molecule has 0 amide bonds. The van der Waals surface area contributed by atoms with E-state index >= 15 is 0 Å². The van der Waals surface area contributed by atoms with Gasteiger partial charge in [0.2, 0.25) is 0 Å². The number of morpholine rings is 1. The minimum atomic E-state index is 0.0108. The Balaban J connectivity index is 1.93. The van der Waals surface area contributed by atoms with E-state index < -0.39 is 0 Å². The van der Waals surface area contributed by atoms with E-state index in [0.29, 0.717) is 5.41 Å². The second-order valence-corrected chi connectivity index (χ2v) is 6.63. The number of halogens is 1. The maximum Gasteiger partial charge on any atom is 0.0753 e. The van der Waals surface area contributed by atoms with Crippen LogP contribution in [0.2, 0.25) is 0 Å². The fourth-order valence-corrected chi connectivity index (χ4v) is 3.60. The minimum absolute atomic E-state index is 0.0108. The van der Waals surface area contributed by atoms with Crippen LogP contribution in [0.15, 0.2) is 0 Å². The van der Waals surface area contributed by atoms with Crippen LogP contribution in [-0.4, -0.2) is 55.3 Å². The second-order valence-electron chi connectivity index (χ2n) is 6.06. The van der Waals surface area contributed by atoms with Crippen LogP contribution in [0.3, 0.4) is 0 Å². The number of hydrogen-bond donors (Lipinski definition) is 0. The normalized spacial score (nSPS) is 29.1. The van der Waals surface area contributed by atoms with Gasteiger partial charge in [-0.1, -0.05) is 15.9 Å². The number of ether oxygens (including phenoxy) is 2. The summed E-state index contributed by atoms with van der Waals surface area (Å²) in [7, 11) is 0. The highest BCUT2D eigenvalue weighted by atomic mass is 79.9. The average Bonchev–Trinajstić information content (AvgIpc) is 2.29. The molecule has 17 heavy (non-hydrogen) atoms. The van der Waals surface area contributed by atoms with Crippen molar-refractivity contribution < 1.29 is 9.47 Å². The van der Waals surface area contributed by atoms with Gasteiger partial charge in [0, 0.05) is 38.2 Å². The van der Waals surface area contributed by atoms with E-state index in [1.54, 1.807) is 0 Å². The Bertz CT molecular complexity index is 252. The molecule has 2 fully saturated rings. The first-order valence-corrected chi connectivity index (χ1v) is 7.68. The van der Waals surface area contributed by atoms with Crippen LogP contribution in [0, 0.1) is 5.41 Å². The summed E-state index contributed by atoms with van der Waals surface area (Å²) in [4.78, 5) is 2.57. The second kappa shape index (κ2) is 5.55. The van der Waals surface area contributed by atoms with Crippen LogP contribution in [-0.2, 0) is 9.47 Å². The molecule has 0 N–H and O–H groups in total. The molecule has 2 rings (SSSR count). The Morgan fingerprint density at radius 2 is 1.88 bits per heavy atom. The number of rotatable bonds is 3.